The first kappa shape index (κ1) is 34.9. The van der Waals surface area contributed by atoms with Crippen molar-refractivity contribution in [2.45, 2.75) is 0 Å². The Balaban J connectivity index is 0.999. The molecule has 0 N–H and O–H groups in total. The van der Waals surface area contributed by atoms with Gasteiger partial charge in [0.1, 0.15) is 5.52 Å². The smallest absolute Gasteiger partial charge is 0.237 e. The zero-order valence-corrected chi connectivity index (χ0v) is 34.3. The number of fused-ring (bicyclic) bond motifs is 12. The van der Waals surface area contributed by atoms with Crippen molar-refractivity contribution in [2.24, 2.45) is 0 Å². The number of para-hydroxylation sites is 4. The Hall–Kier alpha value is -8.81. The second-order valence-corrected chi connectivity index (χ2v) is 16.5. The molecule has 0 spiro atoms. The summed E-state index contributed by atoms with van der Waals surface area (Å²) in [4.78, 5) is 16.1. The van der Waals surface area contributed by atoms with Gasteiger partial charge in [0.15, 0.2) is 5.65 Å². The van der Waals surface area contributed by atoms with Crippen LogP contribution in [-0.2, 0) is 0 Å². The van der Waals surface area contributed by atoms with Gasteiger partial charge in [-0.25, -0.2) is 9.97 Å². The largest absolute Gasteiger partial charge is 0.309 e. The molecular formula is C57H35N7. The molecule has 0 radical (unpaired) electrons. The van der Waals surface area contributed by atoms with Crippen LogP contribution >= 0.6 is 0 Å². The van der Waals surface area contributed by atoms with Crippen molar-refractivity contribution in [1.82, 2.24) is 33.1 Å². The zero-order chi connectivity index (χ0) is 41.9. The maximum absolute atomic E-state index is 5.56. The zero-order valence-electron chi connectivity index (χ0n) is 34.3. The van der Waals surface area contributed by atoms with Crippen molar-refractivity contribution in [3.05, 3.63) is 212 Å². The van der Waals surface area contributed by atoms with Crippen molar-refractivity contribution in [3.8, 4) is 39.7 Å². The van der Waals surface area contributed by atoms with Gasteiger partial charge in [-0.15, -0.1) is 0 Å². The third-order valence-corrected chi connectivity index (χ3v) is 13.0. The van der Waals surface area contributed by atoms with Gasteiger partial charge in [-0.3, -0.25) is 13.5 Å². The molecule has 0 fully saturated rings. The molecule has 5 heterocycles. The first-order valence-corrected chi connectivity index (χ1v) is 21.6. The van der Waals surface area contributed by atoms with Gasteiger partial charge in [-0.1, -0.05) is 146 Å². The van der Waals surface area contributed by atoms with Crippen LogP contribution in [0.25, 0.3) is 122 Å². The lowest BCUT2D eigenvalue weighted by Gasteiger charge is -2.11. The lowest BCUT2D eigenvalue weighted by atomic mass is 10.0. The minimum atomic E-state index is 0.583. The summed E-state index contributed by atoms with van der Waals surface area (Å²) in [6, 6.07) is 75.5. The Kier molecular flexibility index (Phi) is 7.27. The Labute approximate surface area is 366 Å². The fourth-order valence-electron chi connectivity index (χ4n) is 10.1. The van der Waals surface area contributed by atoms with Crippen molar-refractivity contribution >= 4 is 82.4 Å². The Morgan fingerprint density at radius 2 is 0.969 bits per heavy atom. The molecule has 0 saturated carbocycles. The topological polar surface area (TPSA) is 57.9 Å². The Morgan fingerprint density at radius 3 is 1.80 bits per heavy atom. The maximum atomic E-state index is 5.56. The van der Waals surface area contributed by atoms with Crippen molar-refractivity contribution in [2.75, 3.05) is 0 Å². The molecule has 7 nitrogen and oxygen atoms in total. The predicted octanol–water partition coefficient (Wildman–Crippen LogP) is 13.9. The van der Waals surface area contributed by atoms with Crippen molar-refractivity contribution < 1.29 is 0 Å². The molecule has 0 atom stereocenters. The first-order chi connectivity index (χ1) is 31.7. The van der Waals surface area contributed by atoms with E-state index < -0.39 is 0 Å². The highest BCUT2D eigenvalue weighted by Crippen LogP contribution is 2.40. The summed E-state index contributed by atoms with van der Waals surface area (Å²) in [7, 11) is 0. The lowest BCUT2D eigenvalue weighted by molar-refractivity contribution is 0.998. The minimum Gasteiger partial charge on any atom is -0.309 e. The molecule has 0 unspecified atom stereocenters. The molecule has 0 aliphatic rings. The molecule has 9 aromatic carbocycles. The molecule has 64 heavy (non-hydrogen) atoms. The lowest BCUT2D eigenvalue weighted by Crippen LogP contribution is -2.04. The maximum Gasteiger partial charge on any atom is 0.237 e. The molecule has 0 bridgehead atoms. The summed E-state index contributed by atoms with van der Waals surface area (Å²) in [6.07, 6.45) is 0. The van der Waals surface area contributed by atoms with Crippen molar-refractivity contribution in [1.29, 1.82) is 0 Å². The van der Waals surface area contributed by atoms with E-state index in [2.05, 4.69) is 212 Å². The standard InChI is InChI=1S/C57H35N7/c1-3-16-37(17-4-1)53-44-22-9-12-24-47(44)58-56(59-53)64-49-26-14-11-23-45(49)54-55(64)60-57-62(41-19-5-2-6-20-41)52-35-40(29-32-51(52)63(54)57)39-28-31-50-46(34-39)43-21-10-13-25-48(43)61(50)42-30-27-36-15-7-8-18-38(36)33-42/h1-35H. The quantitative estimate of drug-likeness (QED) is 0.174. The summed E-state index contributed by atoms with van der Waals surface area (Å²) >= 11 is 0. The van der Waals surface area contributed by atoms with Crippen LogP contribution in [0.1, 0.15) is 0 Å². The van der Waals surface area contributed by atoms with E-state index in [-0.39, 0.29) is 0 Å². The molecule has 0 aliphatic heterocycles. The fraction of sp³-hybridized carbons (Fsp3) is 0. The normalized spacial score (nSPS) is 12.1. The van der Waals surface area contributed by atoms with Gasteiger partial charge in [0.05, 0.1) is 38.8 Å². The summed E-state index contributed by atoms with van der Waals surface area (Å²) < 4.78 is 9.14. The van der Waals surface area contributed by atoms with Crippen LogP contribution in [-0.4, -0.2) is 33.1 Å². The predicted molar refractivity (Wildman–Crippen MR) is 262 cm³/mol. The second-order valence-electron chi connectivity index (χ2n) is 16.5. The van der Waals surface area contributed by atoms with E-state index in [4.69, 9.17) is 15.0 Å². The van der Waals surface area contributed by atoms with Gasteiger partial charge >= 0.3 is 0 Å². The molecule has 14 rings (SSSR count). The number of benzene rings is 9. The molecule has 0 saturated heterocycles. The summed E-state index contributed by atoms with van der Waals surface area (Å²) in [5.74, 6) is 1.40. The number of rotatable bonds is 5. The Morgan fingerprint density at radius 1 is 0.328 bits per heavy atom. The minimum absolute atomic E-state index is 0.583. The van der Waals surface area contributed by atoms with Crippen LogP contribution in [0.15, 0.2) is 212 Å². The van der Waals surface area contributed by atoms with E-state index in [0.717, 1.165) is 83.5 Å². The molecule has 0 amide bonds. The van der Waals surface area contributed by atoms with Gasteiger partial charge < -0.3 is 4.57 Å². The molecule has 5 aromatic heterocycles. The van der Waals surface area contributed by atoms with Gasteiger partial charge in [-0.05, 0) is 88.6 Å². The van der Waals surface area contributed by atoms with Gasteiger partial charge in [0.2, 0.25) is 11.7 Å². The number of hydrogen-bond acceptors (Lipinski definition) is 3. The van der Waals surface area contributed by atoms with Gasteiger partial charge in [0.25, 0.3) is 0 Å². The van der Waals surface area contributed by atoms with Crippen LogP contribution in [0.3, 0.4) is 0 Å². The number of aromatic nitrogens is 7. The SMILES string of the molecule is c1ccc(-c2nc(-n3c4ccccc4c4c3nc3n(-c5ccccc5)c5cc(-c6ccc7c(c6)c6ccccc6n7-c6ccc7ccccc7c6)ccc5n43)nc3ccccc23)cc1. The molecule has 0 aliphatic carbocycles. The van der Waals surface area contributed by atoms with Gasteiger partial charge in [-0.2, -0.15) is 4.98 Å². The summed E-state index contributed by atoms with van der Waals surface area (Å²) in [5, 5.41) is 6.99. The highest BCUT2D eigenvalue weighted by molar-refractivity contribution is 6.12. The molecule has 14 aromatic rings. The van der Waals surface area contributed by atoms with Crippen LogP contribution in [0.5, 0.6) is 0 Å². The average molecular weight is 818 g/mol. The van der Waals surface area contributed by atoms with E-state index >= 15 is 0 Å². The first-order valence-electron chi connectivity index (χ1n) is 21.6. The van der Waals surface area contributed by atoms with E-state index in [1.165, 1.54) is 32.6 Å². The summed E-state index contributed by atoms with van der Waals surface area (Å²) in [5.41, 5.74) is 14.6. The van der Waals surface area contributed by atoms with Crippen LogP contribution in [0, 0.1) is 0 Å². The van der Waals surface area contributed by atoms with E-state index in [1.807, 2.05) is 18.2 Å². The molecule has 7 heteroatoms. The van der Waals surface area contributed by atoms with E-state index in [1.54, 1.807) is 0 Å². The van der Waals surface area contributed by atoms with Crippen molar-refractivity contribution in [3.63, 3.8) is 0 Å². The Bertz CT molecular complexity index is 4190. The average Bonchev–Trinajstić information content (AvgIpc) is 4.08. The number of hydrogen-bond donors (Lipinski definition) is 0. The van der Waals surface area contributed by atoms with Crippen LogP contribution in [0.2, 0.25) is 0 Å². The number of imidazole rings is 2. The fourth-order valence-corrected chi connectivity index (χ4v) is 10.1. The third kappa shape index (κ3) is 5.00. The summed E-state index contributed by atoms with van der Waals surface area (Å²) in [6.45, 7) is 0. The van der Waals surface area contributed by atoms with E-state index in [0.29, 0.717) is 5.95 Å². The third-order valence-electron chi connectivity index (χ3n) is 13.0. The van der Waals surface area contributed by atoms with Crippen LogP contribution in [0.4, 0.5) is 0 Å². The highest BCUT2D eigenvalue weighted by atomic mass is 15.3. The second kappa shape index (κ2) is 13.3. The molecular weight excluding hydrogens is 783 g/mol. The monoisotopic (exact) mass is 817 g/mol. The van der Waals surface area contributed by atoms with Crippen LogP contribution < -0.4 is 0 Å². The van der Waals surface area contributed by atoms with Gasteiger partial charge in [0, 0.05) is 38.5 Å². The molecule has 298 valence electrons. The highest BCUT2D eigenvalue weighted by Gasteiger charge is 2.26. The number of nitrogens with zero attached hydrogens (tertiary/aromatic N) is 7. The van der Waals surface area contributed by atoms with E-state index in [9.17, 15) is 0 Å².